The molecule has 68 valence electrons. The Morgan fingerprint density at radius 3 is 2.46 bits per heavy atom. The first-order chi connectivity index (χ1) is 6.25. The van der Waals surface area contributed by atoms with E-state index in [0.717, 1.165) is 6.07 Å². The standard InChI is InChI=1S/C9H8F2N2/c10-7-3-6(4-8(11)5-7)9-1-2-12-13-9/h2-5,9,13H,1H2. The van der Waals surface area contributed by atoms with Crippen LogP contribution >= 0.6 is 0 Å². The third kappa shape index (κ3) is 1.66. The molecule has 0 radical (unpaired) electrons. The molecule has 1 unspecified atom stereocenters. The summed E-state index contributed by atoms with van der Waals surface area (Å²) in [5.41, 5.74) is 3.36. The highest BCUT2D eigenvalue weighted by atomic mass is 19.1. The first kappa shape index (κ1) is 8.16. The Bertz CT molecular complexity index is 321. The van der Waals surface area contributed by atoms with E-state index < -0.39 is 11.6 Å². The summed E-state index contributed by atoms with van der Waals surface area (Å²) < 4.78 is 25.5. The van der Waals surface area contributed by atoms with E-state index in [2.05, 4.69) is 10.5 Å². The maximum absolute atomic E-state index is 12.8. The lowest BCUT2D eigenvalue weighted by molar-refractivity contribution is 0.561. The summed E-state index contributed by atoms with van der Waals surface area (Å²) in [5, 5.41) is 3.78. The lowest BCUT2D eigenvalue weighted by Crippen LogP contribution is -2.10. The smallest absolute Gasteiger partial charge is 0.126 e. The largest absolute Gasteiger partial charge is 0.303 e. The van der Waals surface area contributed by atoms with Gasteiger partial charge in [-0.15, -0.1) is 0 Å². The van der Waals surface area contributed by atoms with Crippen molar-refractivity contribution in [1.29, 1.82) is 0 Å². The van der Waals surface area contributed by atoms with Crippen molar-refractivity contribution in [3.05, 3.63) is 35.4 Å². The molecule has 13 heavy (non-hydrogen) atoms. The topological polar surface area (TPSA) is 24.4 Å². The number of benzene rings is 1. The fraction of sp³-hybridized carbons (Fsp3) is 0.222. The van der Waals surface area contributed by atoms with Crippen LogP contribution in [0.15, 0.2) is 23.3 Å². The van der Waals surface area contributed by atoms with Crippen molar-refractivity contribution in [2.75, 3.05) is 0 Å². The molecule has 2 rings (SSSR count). The summed E-state index contributed by atoms with van der Waals surface area (Å²) >= 11 is 0. The molecule has 1 aromatic carbocycles. The number of rotatable bonds is 1. The molecule has 1 aromatic rings. The zero-order valence-corrected chi connectivity index (χ0v) is 6.80. The molecule has 0 bridgehead atoms. The molecule has 0 aromatic heterocycles. The number of hydrazone groups is 1. The summed E-state index contributed by atoms with van der Waals surface area (Å²) in [7, 11) is 0. The number of halogens is 2. The van der Waals surface area contributed by atoms with Crippen molar-refractivity contribution in [1.82, 2.24) is 5.43 Å². The number of nitrogens with zero attached hydrogens (tertiary/aromatic N) is 1. The molecule has 0 saturated carbocycles. The van der Waals surface area contributed by atoms with Gasteiger partial charge in [-0.1, -0.05) is 0 Å². The minimum absolute atomic E-state index is 0.0924. The summed E-state index contributed by atoms with van der Waals surface area (Å²) in [5.74, 6) is -1.10. The van der Waals surface area contributed by atoms with E-state index in [0.29, 0.717) is 12.0 Å². The highest BCUT2D eigenvalue weighted by molar-refractivity contribution is 5.60. The SMILES string of the molecule is Fc1cc(F)cc(C2CC=NN2)c1. The van der Waals surface area contributed by atoms with Crippen molar-refractivity contribution in [3.63, 3.8) is 0 Å². The van der Waals surface area contributed by atoms with Crippen LogP contribution in [0.5, 0.6) is 0 Å². The van der Waals surface area contributed by atoms with Crippen LogP contribution in [0.1, 0.15) is 18.0 Å². The normalized spacial score (nSPS) is 20.3. The van der Waals surface area contributed by atoms with Crippen LogP contribution in [0.25, 0.3) is 0 Å². The molecule has 1 aliphatic rings. The van der Waals surface area contributed by atoms with E-state index in [4.69, 9.17) is 0 Å². The molecule has 0 saturated heterocycles. The van der Waals surface area contributed by atoms with Gasteiger partial charge in [0.05, 0.1) is 6.04 Å². The van der Waals surface area contributed by atoms with Crippen LogP contribution in [0.4, 0.5) is 8.78 Å². The fourth-order valence-corrected chi connectivity index (χ4v) is 1.34. The predicted molar refractivity (Wildman–Crippen MR) is 45.3 cm³/mol. The summed E-state index contributed by atoms with van der Waals surface area (Å²) in [4.78, 5) is 0. The zero-order valence-electron chi connectivity index (χ0n) is 6.80. The summed E-state index contributed by atoms with van der Waals surface area (Å²) in [6.45, 7) is 0. The van der Waals surface area contributed by atoms with Gasteiger partial charge in [0.2, 0.25) is 0 Å². The second-order valence-electron chi connectivity index (χ2n) is 2.93. The Hall–Kier alpha value is -1.45. The van der Waals surface area contributed by atoms with E-state index in [1.54, 1.807) is 6.21 Å². The quantitative estimate of drug-likeness (QED) is 0.705. The van der Waals surface area contributed by atoms with E-state index in [-0.39, 0.29) is 6.04 Å². The van der Waals surface area contributed by atoms with Gasteiger partial charge < -0.3 is 5.43 Å². The van der Waals surface area contributed by atoms with Gasteiger partial charge in [0.1, 0.15) is 11.6 Å². The second kappa shape index (κ2) is 3.12. The Kier molecular flexibility index (Phi) is 1.96. The summed E-state index contributed by atoms with van der Waals surface area (Å²) in [6, 6.07) is 3.40. The molecule has 1 aliphatic heterocycles. The highest BCUT2D eigenvalue weighted by Crippen LogP contribution is 2.20. The molecule has 2 nitrogen and oxygen atoms in total. The van der Waals surface area contributed by atoms with Crippen LogP contribution < -0.4 is 5.43 Å². The molecule has 1 N–H and O–H groups in total. The maximum atomic E-state index is 12.8. The van der Waals surface area contributed by atoms with E-state index in [9.17, 15) is 8.78 Å². The third-order valence-corrected chi connectivity index (χ3v) is 1.95. The molecule has 1 atom stereocenters. The predicted octanol–water partition coefficient (Wildman–Crippen LogP) is 1.98. The van der Waals surface area contributed by atoms with Crippen LogP contribution in [0, 0.1) is 11.6 Å². The molecular weight excluding hydrogens is 174 g/mol. The zero-order chi connectivity index (χ0) is 9.26. The summed E-state index contributed by atoms with van der Waals surface area (Å²) in [6.07, 6.45) is 2.36. The lowest BCUT2D eigenvalue weighted by atomic mass is 10.1. The van der Waals surface area contributed by atoms with Crippen molar-refractivity contribution >= 4 is 6.21 Å². The first-order valence-corrected chi connectivity index (χ1v) is 3.99. The van der Waals surface area contributed by atoms with Gasteiger partial charge in [0.25, 0.3) is 0 Å². The number of nitrogens with one attached hydrogen (secondary N) is 1. The van der Waals surface area contributed by atoms with Crippen LogP contribution in [0.3, 0.4) is 0 Å². The van der Waals surface area contributed by atoms with Gasteiger partial charge in [0, 0.05) is 18.7 Å². The van der Waals surface area contributed by atoms with Crippen LogP contribution in [0.2, 0.25) is 0 Å². The van der Waals surface area contributed by atoms with Gasteiger partial charge in [-0.05, 0) is 17.7 Å². The molecule has 0 fully saturated rings. The minimum atomic E-state index is -0.552. The molecule has 0 spiro atoms. The highest BCUT2D eigenvalue weighted by Gasteiger charge is 2.14. The Labute approximate surface area is 74.3 Å². The average molecular weight is 182 g/mol. The van der Waals surface area contributed by atoms with Gasteiger partial charge in [0.15, 0.2) is 0 Å². The second-order valence-corrected chi connectivity index (χ2v) is 2.93. The fourth-order valence-electron chi connectivity index (χ4n) is 1.34. The molecule has 4 heteroatoms. The molecular formula is C9H8F2N2. The minimum Gasteiger partial charge on any atom is -0.303 e. The molecule has 0 aliphatic carbocycles. The van der Waals surface area contributed by atoms with Gasteiger partial charge in [-0.3, -0.25) is 0 Å². The monoisotopic (exact) mass is 182 g/mol. The maximum Gasteiger partial charge on any atom is 0.126 e. The van der Waals surface area contributed by atoms with Gasteiger partial charge >= 0.3 is 0 Å². The Morgan fingerprint density at radius 1 is 1.23 bits per heavy atom. The van der Waals surface area contributed by atoms with E-state index >= 15 is 0 Å². The van der Waals surface area contributed by atoms with Gasteiger partial charge in [-0.25, -0.2) is 8.78 Å². The number of hydrogen-bond donors (Lipinski definition) is 1. The molecule has 0 amide bonds. The van der Waals surface area contributed by atoms with Crippen LogP contribution in [-0.4, -0.2) is 6.21 Å². The number of hydrogen-bond acceptors (Lipinski definition) is 2. The Morgan fingerprint density at radius 2 is 1.92 bits per heavy atom. The van der Waals surface area contributed by atoms with Crippen molar-refractivity contribution in [3.8, 4) is 0 Å². The average Bonchev–Trinajstić information content (AvgIpc) is 2.53. The molecule has 1 heterocycles. The van der Waals surface area contributed by atoms with Crippen LogP contribution in [-0.2, 0) is 0 Å². The first-order valence-electron chi connectivity index (χ1n) is 3.99. The van der Waals surface area contributed by atoms with Crippen molar-refractivity contribution in [2.24, 2.45) is 5.10 Å². The van der Waals surface area contributed by atoms with E-state index in [1.165, 1.54) is 12.1 Å². The van der Waals surface area contributed by atoms with Crippen molar-refractivity contribution in [2.45, 2.75) is 12.5 Å². The van der Waals surface area contributed by atoms with Gasteiger partial charge in [-0.2, -0.15) is 5.10 Å². The van der Waals surface area contributed by atoms with E-state index in [1.807, 2.05) is 0 Å². The van der Waals surface area contributed by atoms with Crippen molar-refractivity contribution < 1.29 is 8.78 Å². The Balaban J connectivity index is 2.29. The lowest BCUT2D eigenvalue weighted by Gasteiger charge is -2.09. The third-order valence-electron chi connectivity index (χ3n) is 1.95.